The van der Waals surface area contributed by atoms with Crippen LogP contribution in [0.15, 0.2) is 18.2 Å². The summed E-state index contributed by atoms with van der Waals surface area (Å²) in [5.74, 6) is -0.210. The van der Waals surface area contributed by atoms with Gasteiger partial charge in [0.2, 0.25) is 5.78 Å². The predicted molar refractivity (Wildman–Crippen MR) is 67.1 cm³/mol. The summed E-state index contributed by atoms with van der Waals surface area (Å²) < 4.78 is 10.4. The molecular weight excluding hydrogens is 254 g/mol. The molecule has 0 aliphatic carbocycles. The van der Waals surface area contributed by atoms with Gasteiger partial charge in [-0.15, -0.1) is 11.3 Å². The molecule has 0 atom stereocenters. The molecule has 0 N–H and O–H groups in total. The SMILES string of the molecule is COC(=O)CC(=O)c1nc2cc(OC)ccc2s1. The number of ketones is 1. The van der Waals surface area contributed by atoms with Gasteiger partial charge in [-0.1, -0.05) is 0 Å². The molecular formula is C12H11NO4S. The number of methoxy groups -OCH3 is 2. The molecule has 6 heteroatoms. The molecule has 0 bridgehead atoms. The van der Waals surface area contributed by atoms with Crippen LogP contribution in [0.2, 0.25) is 0 Å². The van der Waals surface area contributed by atoms with Crippen molar-refractivity contribution in [3.05, 3.63) is 23.2 Å². The van der Waals surface area contributed by atoms with Gasteiger partial charge in [-0.3, -0.25) is 9.59 Å². The summed E-state index contributed by atoms with van der Waals surface area (Å²) in [6, 6.07) is 5.39. The molecule has 2 aromatic rings. The standard InChI is InChI=1S/C12H11NO4S/c1-16-7-3-4-10-8(5-7)13-12(18-10)9(14)6-11(15)17-2/h3-5H,6H2,1-2H3. The van der Waals surface area contributed by atoms with E-state index in [1.54, 1.807) is 19.2 Å². The zero-order valence-electron chi connectivity index (χ0n) is 9.93. The van der Waals surface area contributed by atoms with Crippen LogP contribution < -0.4 is 4.74 Å². The molecule has 0 saturated carbocycles. The van der Waals surface area contributed by atoms with E-state index < -0.39 is 5.97 Å². The summed E-state index contributed by atoms with van der Waals surface area (Å²) in [7, 11) is 2.82. The van der Waals surface area contributed by atoms with E-state index in [1.807, 2.05) is 6.07 Å². The minimum absolute atomic E-state index is 0.284. The van der Waals surface area contributed by atoms with Crippen molar-refractivity contribution in [2.75, 3.05) is 14.2 Å². The van der Waals surface area contributed by atoms with Crippen LogP contribution in [0.25, 0.3) is 10.2 Å². The fraction of sp³-hybridized carbons (Fsp3) is 0.250. The van der Waals surface area contributed by atoms with E-state index in [9.17, 15) is 9.59 Å². The molecule has 0 unspecified atom stereocenters. The van der Waals surface area contributed by atoms with Gasteiger partial charge in [0.25, 0.3) is 0 Å². The summed E-state index contributed by atoms with van der Waals surface area (Å²) in [6.45, 7) is 0. The van der Waals surface area contributed by atoms with Crippen LogP contribution in [-0.2, 0) is 9.53 Å². The van der Waals surface area contributed by atoms with Crippen LogP contribution in [-0.4, -0.2) is 31.0 Å². The number of carbonyl (C=O) groups is 2. The first kappa shape index (κ1) is 12.5. The maximum Gasteiger partial charge on any atom is 0.313 e. The van der Waals surface area contributed by atoms with Gasteiger partial charge < -0.3 is 9.47 Å². The van der Waals surface area contributed by atoms with Crippen LogP contribution >= 0.6 is 11.3 Å². The largest absolute Gasteiger partial charge is 0.497 e. The number of esters is 1. The topological polar surface area (TPSA) is 65.5 Å². The Morgan fingerprint density at radius 3 is 2.78 bits per heavy atom. The lowest BCUT2D eigenvalue weighted by atomic mass is 10.3. The summed E-state index contributed by atoms with van der Waals surface area (Å²) in [4.78, 5) is 27.0. The molecule has 18 heavy (non-hydrogen) atoms. The van der Waals surface area contributed by atoms with Gasteiger partial charge in [-0.2, -0.15) is 0 Å². The average molecular weight is 265 g/mol. The number of aromatic nitrogens is 1. The fourth-order valence-corrected chi connectivity index (χ4v) is 2.32. The molecule has 0 aliphatic rings. The van der Waals surface area contributed by atoms with Gasteiger partial charge in [-0.25, -0.2) is 4.98 Å². The maximum absolute atomic E-state index is 11.8. The average Bonchev–Trinajstić information content (AvgIpc) is 2.81. The molecule has 5 nitrogen and oxygen atoms in total. The van der Waals surface area contributed by atoms with Crippen LogP contribution in [0.1, 0.15) is 16.2 Å². The third-order valence-electron chi connectivity index (χ3n) is 2.37. The Bertz CT molecular complexity index is 605. The quantitative estimate of drug-likeness (QED) is 0.481. The Kier molecular flexibility index (Phi) is 3.57. The second kappa shape index (κ2) is 5.14. The van der Waals surface area contributed by atoms with E-state index in [-0.39, 0.29) is 12.2 Å². The number of rotatable bonds is 4. The van der Waals surface area contributed by atoms with Crippen LogP contribution in [0.4, 0.5) is 0 Å². The molecule has 1 aromatic carbocycles. The van der Waals surface area contributed by atoms with Gasteiger partial charge in [-0.05, 0) is 12.1 Å². The van der Waals surface area contributed by atoms with E-state index in [2.05, 4.69) is 9.72 Å². The Morgan fingerprint density at radius 1 is 1.33 bits per heavy atom. The number of carbonyl (C=O) groups excluding carboxylic acids is 2. The molecule has 1 aromatic heterocycles. The molecule has 94 valence electrons. The highest BCUT2D eigenvalue weighted by atomic mass is 32.1. The monoisotopic (exact) mass is 265 g/mol. The number of hydrogen-bond acceptors (Lipinski definition) is 6. The molecule has 0 fully saturated rings. The van der Waals surface area contributed by atoms with E-state index >= 15 is 0 Å². The third kappa shape index (κ3) is 2.48. The molecule has 0 amide bonds. The van der Waals surface area contributed by atoms with Crippen molar-refractivity contribution in [2.24, 2.45) is 0 Å². The van der Waals surface area contributed by atoms with Crippen LogP contribution in [0.5, 0.6) is 5.75 Å². The Morgan fingerprint density at radius 2 is 2.11 bits per heavy atom. The summed E-state index contributed by atoms with van der Waals surface area (Å²) in [6.07, 6.45) is -0.284. The third-order valence-corrected chi connectivity index (χ3v) is 3.44. The van der Waals surface area contributed by atoms with Gasteiger partial charge in [0.05, 0.1) is 24.4 Å². The van der Waals surface area contributed by atoms with Crippen LogP contribution in [0.3, 0.4) is 0 Å². The predicted octanol–water partition coefficient (Wildman–Crippen LogP) is 2.05. The molecule has 0 aliphatic heterocycles. The zero-order chi connectivity index (χ0) is 13.1. The van der Waals surface area contributed by atoms with E-state index in [4.69, 9.17) is 4.74 Å². The van der Waals surface area contributed by atoms with Crippen molar-refractivity contribution in [3.8, 4) is 5.75 Å². The van der Waals surface area contributed by atoms with Crippen molar-refractivity contribution >= 4 is 33.3 Å². The van der Waals surface area contributed by atoms with E-state index in [1.165, 1.54) is 18.4 Å². The van der Waals surface area contributed by atoms with E-state index in [0.29, 0.717) is 16.3 Å². The highest BCUT2D eigenvalue weighted by molar-refractivity contribution is 7.20. The lowest BCUT2D eigenvalue weighted by Gasteiger charge is -1.96. The highest BCUT2D eigenvalue weighted by Gasteiger charge is 2.16. The van der Waals surface area contributed by atoms with Gasteiger partial charge in [0.1, 0.15) is 12.2 Å². The lowest BCUT2D eigenvalue weighted by molar-refractivity contribution is -0.139. The number of nitrogens with zero attached hydrogens (tertiary/aromatic N) is 1. The smallest absolute Gasteiger partial charge is 0.313 e. The highest BCUT2D eigenvalue weighted by Crippen LogP contribution is 2.26. The second-order valence-electron chi connectivity index (χ2n) is 3.53. The first-order valence-electron chi connectivity index (χ1n) is 5.18. The minimum Gasteiger partial charge on any atom is -0.497 e. The Balaban J connectivity index is 2.29. The van der Waals surface area contributed by atoms with Crippen molar-refractivity contribution in [3.63, 3.8) is 0 Å². The number of fused-ring (bicyclic) bond motifs is 1. The fourth-order valence-electron chi connectivity index (χ4n) is 1.43. The lowest BCUT2D eigenvalue weighted by Crippen LogP contribution is -2.09. The zero-order valence-corrected chi connectivity index (χ0v) is 10.7. The molecule has 1 heterocycles. The molecule has 0 radical (unpaired) electrons. The van der Waals surface area contributed by atoms with Crippen molar-refractivity contribution in [1.82, 2.24) is 4.98 Å². The van der Waals surface area contributed by atoms with Gasteiger partial charge >= 0.3 is 5.97 Å². The summed E-state index contributed by atoms with van der Waals surface area (Å²) in [5, 5.41) is 0.309. The van der Waals surface area contributed by atoms with Crippen LogP contribution in [0, 0.1) is 0 Å². The first-order valence-corrected chi connectivity index (χ1v) is 6.00. The van der Waals surface area contributed by atoms with E-state index in [0.717, 1.165) is 4.70 Å². The number of ether oxygens (including phenoxy) is 2. The summed E-state index contributed by atoms with van der Waals surface area (Å²) >= 11 is 1.25. The summed E-state index contributed by atoms with van der Waals surface area (Å²) in [5.41, 5.74) is 0.688. The number of hydrogen-bond donors (Lipinski definition) is 0. The maximum atomic E-state index is 11.8. The Hall–Kier alpha value is -1.95. The minimum atomic E-state index is -0.558. The number of Topliss-reactive ketones (excluding diaryl/α,β-unsaturated/α-hetero) is 1. The van der Waals surface area contributed by atoms with Crippen molar-refractivity contribution < 1.29 is 19.1 Å². The first-order chi connectivity index (χ1) is 8.63. The molecule has 2 rings (SSSR count). The number of thiazole rings is 1. The van der Waals surface area contributed by atoms with Gasteiger partial charge in [0.15, 0.2) is 5.01 Å². The van der Waals surface area contributed by atoms with Crippen molar-refractivity contribution in [2.45, 2.75) is 6.42 Å². The van der Waals surface area contributed by atoms with Gasteiger partial charge in [0, 0.05) is 6.07 Å². The second-order valence-corrected chi connectivity index (χ2v) is 4.56. The number of benzene rings is 1. The molecule has 0 saturated heterocycles. The normalized spacial score (nSPS) is 10.3. The Labute approximate surface area is 107 Å². The van der Waals surface area contributed by atoms with Crippen molar-refractivity contribution in [1.29, 1.82) is 0 Å². The molecule has 0 spiro atoms.